The molecule has 0 atom stereocenters. The van der Waals surface area contributed by atoms with Crippen molar-refractivity contribution in [2.24, 2.45) is 5.92 Å². The van der Waals surface area contributed by atoms with E-state index in [2.05, 4.69) is 28.1 Å². The molecule has 0 aliphatic heterocycles. The summed E-state index contributed by atoms with van der Waals surface area (Å²) in [6, 6.07) is 10.3. The van der Waals surface area contributed by atoms with Gasteiger partial charge in [-0.15, -0.1) is 11.3 Å². The lowest BCUT2D eigenvalue weighted by Gasteiger charge is -2.05. The molecule has 0 saturated heterocycles. The first kappa shape index (κ1) is 11.2. The summed E-state index contributed by atoms with van der Waals surface area (Å²) in [6.07, 6.45) is 1.78. The lowest BCUT2D eigenvalue weighted by atomic mass is 9.97. The largest absolute Gasteiger partial charge is 0.294 e. The van der Waals surface area contributed by atoms with Crippen LogP contribution in [-0.4, -0.2) is 5.78 Å². The van der Waals surface area contributed by atoms with Crippen LogP contribution in [0.3, 0.4) is 0 Å². The van der Waals surface area contributed by atoms with Gasteiger partial charge in [0.25, 0.3) is 0 Å². The zero-order valence-corrected chi connectivity index (χ0v) is 11.6. The number of benzene rings is 1. The molecule has 3 heteroatoms. The maximum atomic E-state index is 12.3. The fraction of sp³-hybridized carbons (Fsp3) is 0.214. The molecule has 1 nitrogen and oxygen atoms in total. The van der Waals surface area contributed by atoms with Crippen LogP contribution in [0.1, 0.15) is 21.5 Å². The predicted molar refractivity (Wildman–Crippen MR) is 73.7 cm³/mol. The van der Waals surface area contributed by atoms with Crippen molar-refractivity contribution in [2.45, 2.75) is 12.8 Å². The van der Waals surface area contributed by atoms with Crippen molar-refractivity contribution in [2.75, 3.05) is 0 Å². The normalized spacial score (nSPS) is 14.9. The van der Waals surface area contributed by atoms with Crippen molar-refractivity contribution < 1.29 is 4.79 Å². The first-order valence-corrected chi connectivity index (χ1v) is 7.26. The second-order valence-electron chi connectivity index (χ2n) is 4.38. The molecule has 1 heterocycles. The smallest absolute Gasteiger partial charge is 0.167 e. The molecule has 0 unspecified atom stereocenters. The number of rotatable bonds is 2. The Kier molecular flexibility index (Phi) is 2.89. The summed E-state index contributed by atoms with van der Waals surface area (Å²) in [4.78, 5) is 12.3. The molecule has 86 valence electrons. The number of ketones is 1. The highest BCUT2D eigenvalue weighted by Crippen LogP contribution is 2.30. The van der Waals surface area contributed by atoms with Crippen LogP contribution in [0.5, 0.6) is 0 Å². The van der Waals surface area contributed by atoms with Gasteiger partial charge in [0.05, 0.1) is 3.79 Å². The molecule has 0 N–H and O–H groups in total. The molecule has 1 aliphatic carbocycles. The highest BCUT2D eigenvalue weighted by molar-refractivity contribution is 9.11. The van der Waals surface area contributed by atoms with E-state index in [1.54, 1.807) is 11.3 Å². The molecule has 1 aliphatic rings. The molecular weight excluding hydrogens is 296 g/mol. The molecule has 0 radical (unpaired) electrons. The van der Waals surface area contributed by atoms with E-state index in [9.17, 15) is 4.79 Å². The summed E-state index contributed by atoms with van der Waals surface area (Å²) in [5.74, 6) is 0.414. The van der Waals surface area contributed by atoms with Crippen molar-refractivity contribution >= 4 is 33.0 Å². The Hall–Kier alpha value is -0.930. The van der Waals surface area contributed by atoms with E-state index >= 15 is 0 Å². The van der Waals surface area contributed by atoms with Crippen molar-refractivity contribution in [1.82, 2.24) is 0 Å². The summed E-state index contributed by atoms with van der Waals surface area (Å²) in [5.41, 5.74) is 3.51. The minimum Gasteiger partial charge on any atom is -0.294 e. The molecule has 0 amide bonds. The fourth-order valence-corrected chi connectivity index (χ4v) is 3.56. The van der Waals surface area contributed by atoms with Gasteiger partial charge in [-0.25, -0.2) is 0 Å². The molecule has 1 aromatic heterocycles. The van der Waals surface area contributed by atoms with Gasteiger partial charge in [0, 0.05) is 16.9 Å². The molecule has 17 heavy (non-hydrogen) atoms. The molecule has 3 rings (SSSR count). The van der Waals surface area contributed by atoms with E-state index in [1.807, 2.05) is 23.6 Å². The quantitative estimate of drug-likeness (QED) is 0.763. The van der Waals surface area contributed by atoms with Crippen LogP contribution < -0.4 is 0 Å². The van der Waals surface area contributed by atoms with Gasteiger partial charge in [-0.1, -0.05) is 24.3 Å². The van der Waals surface area contributed by atoms with Crippen LogP contribution in [0, 0.1) is 5.92 Å². The van der Waals surface area contributed by atoms with E-state index in [-0.39, 0.29) is 11.7 Å². The van der Waals surface area contributed by atoms with E-state index < -0.39 is 0 Å². The van der Waals surface area contributed by atoms with Crippen LogP contribution in [0.25, 0.3) is 0 Å². The second kappa shape index (κ2) is 4.39. The van der Waals surface area contributed by atoms with Gasteiger partial charge in [0.1, 0.15) is 0 Å². The summed E-state index contributed by atoms with van der Waals surface area (Å²) in [5, 5.41) is 1.94. The van der Waals surface area contributed by atoms with Gasteiger partial charge in [-0.3, -0.25) is 4.79 Å². The summed E-state index contributed by atoms with van der Waals surface area (Å²) >= 11 is 4.97. The predicted octanol–water partition coefficient (Wildman–Crippen LogP) is 4.11. The van der Waals surface area contributed by atoms with Crippen molar-refractivity contribution in [1.29, 1.82) is 0 Å². The third kappa shape index (κ3) is 2.09. The van der Waals surface area contributed by atoms with Crippen LogP contribution >= 0.6 is 27.3 Å². The van der Waals surface area contributed by atoms with Gasteiger partial charge < -0.3 is 0 Å². The maximum Gasteiger partial charge on any atom is 0.167 e. The zero-order valence-electron chi connectivity index (χ0n) is 9.15. The molecule has 1 aromatic carbocycles. The van der Waals surface area contributed by atoms with Crippen LogP contribution in [0.2, 0.25) is 0 Å². The highest BCUT2D eigenvalue weighted by atomic mass is 79.9. The van der Waals surface area contributed by atoms with E-state index in [4.69, 9.17) is 0 Å². The number of hydrogen-bond donors (Lipinski definition) is 0. The first-order valence-electron chi connectivity index (χ1n) is 5.59. The van der Waals surface area contributed by atoms with Gasteiger partial charge >= 0.3 is 0 Å². The highest BCUT2D eigenvalue weighted by Gasteiger charge is 2.28. The number of carbonyl (C=O) groups is 1. The SMILES string of the molecule is O=C(c1csc(Br)c1)C1Cc2ccccc2C1. The van der Waals surface area contributed by atoms with Crippen LogP contribution in [0.15, 0.2) is 39.5 Å². The van der Waals surface area contributed by atoms with Crippen LogP contribution in [0.4, 0.5) is 0 Å². The molecular formula is C14H11BrOS. The van der Waals surface area contributed by atoms with E-state index in [0.29, 0.717) is 0 Å². The zero-order chi connectivity index (χ0) is 11.8. The van der Waals surface area contributed by atoms with Crippen molar-refractivity contribution in [3.05, 3.63) is 56.2 Å². The topological polar surface area (TPSA) is 17.1 Å². The Balaban J connectivity index is 1.83. The number of halogens is 1. The fourth-order valence-electron chi connectivity index (χ4n) is 2.42. The third-order valence-corrected chi connectivity index (χ3v) is 4.78. The molecule has 0 fully saturated rings. The number of thiophene rings is 1. The van der Waals surface area contributed by atoms with Crippen LogP contribution in [-0.2, 0) is 12.8 Å². The van der Waals surface area contributed by atoms with E-state index in [1.165, 1.54) is 11.1 Å². The number of Topliss-reactive ketones (excluding diaryl/α,β-unsaturated/α-hetero) is 1. The average Bonchev–Trinajstić information content (AvgIpc) is 2.93. The Labute approximate surface area is 113 Å². The number of fused-ring (bicyclic) bond motifs is 1. The van der Waals surface area contributed by atoms with Crippen molar-refractivity contribution in [3.63, 3.8) is 0 Å². The monoisotopic (exact) mass is 306 g/mol. The lowest BCUT2D eigenvalue weighted by Crippen LogP contribution is -2.14. The summed E-state index contributed by atoms with van der Waals surface area (Å²) in [6.45, 7) is 0. The Morgan fingerprint density at radius 3 is 2.41 bits per heavy atom. The van der Waals surface area contributed by atoms with Crippen molar-refractivity contribution in [3.8, 4) is 0 Å². The van der Waals surface area contributed by atoms with Gasteiger partial charge in [-0.05, 0) is 46.0 Å². The van der Waals surface area contributed by atoms with Gasteiger partial charge in [0.15, 0.2) is 5.78 Å². The Morgan fingerprint density at radius 2 is 1.88 bits per heavy atom. The molecule has 0 bridgehead atoms. The average molecular weight is 307 g/mol. The van der Waals surface area contributed by atoms with Gasteiger partial charge in [0.2, 0.25) is 0 Å². The molecule has 0 saturated carbocycles. The minimum atomic E-state index is 0.133. The van der Waals surface area contributed by atoms with E-state index in [0.717, 1.165) is 22.2 Å². The maximum absolute atomic E-state index is 12.3. The Bertz CT molecular complexity index is 548. The number of carbonyl (C=O) groups excluding carboxylic acids is 1. The summed E-state index contributed by atoms with van der Waals surface area (Å²) in [7, 11) is 0. The molecule has 2 aromatic rings. The third-order valence-electron chi connectivity index (χ3n) is 3.27. The second-order valence-corrected chi connectivity index (χ2v) is 6.67. The lowest BCUT2D eigenvalue weighted by molar-refractivity contribution is 0.0925. The minimum absolute atomic E-state index is 0.133. The van der Waals surface area contributed by atoms with Gasteiger partial charge in [-0.2, -0.15) is 0 Å². The Morgan fingerprint density at radius 1 is 1.24 bits per heavy atom. The standard InChI is InChI=1S/C14H11BrOS/c15-13-7-12(8-17-13)14(16)11-5-9-3-1-2-4-10(9)6-11/h1-4,7-8,11H,5-6H2. The first-order chi connectivity index (χ1) is 8.24. The summed E-state index contributed by atoms with van der Waals surface area (Å²) < 4.78 is 1.02. The molecule has 0 spiro atoms. The number of hydrogen-bond acceptors (Lipinski definition) is 2.